The molecule has 0 radical (unpaired) electrons. The van der Waals surface area contributed by atoms with Crippen molar-refractivity contribution in [1.82, 2.24) is 5.32 Å². The van der Waals surface area contributed by atoms with E-state index in [1.807, 2.05) is 42.5 Å². The second-order valence-corrected chi connectivity index (χ2v) is 8.18. The highest BCUT2D eigenvalue weighted by atomic mass is 16.6. The van der Waals surface area contributed by atoms with Gasteiger partial charge in [-0.15, -0.1) is 0 Å². The van der Waals surface area contributed by atoms with Gasteiger partial charge in [0, 0.05) is 18.1 Å². The van der Waals surface area contributed by atoms with Gasteiger partial charge in [0.05, 0.1) is 18.1 Å². The fourth-order valence-electron chi connectivity index (χ4n) is 4.31. The van der Waals surface area contributed by atoms with Crippen molar-refractivity contribution in [1.29, 1.82) is 0 Å². The lowest BCUT2D eigenvalue weighted by Gasteiger charge is -2.23. The number of benzene rings is 4. The molecule has 1 atom stereocenters. The Balaban J connectivity index is 1.59. The van der Waals surface area contributed by atoms with E-state index < -0.39 is 0 Å². The van der Waals surface area contributed by atoms with Crippen molar-refractivity contribution in [3.8, 4) is 5.75 Å². The van der Waals surface area contributed by atoms with Crippen molar-refractivity contribution < 1.29 is 9.66 Å². The van der Waals surface area contributed by atoms with Gasteiger partial charge < -0.3 is 10.1 Å². The van der Waals surface area contributed by atoms with Crippen molar-refractivity contribution in [3.05, 3.63) is 142 Å². The summed E-state index contributed by atoms with van der Waals surface area (Å²) in [6.45, 7) is 0.730. The van der Waals surface area contributed by atoms with E-state index in [1.165, 1.54) is 17.2 Å². The van der Waals surface area contributed by atoms with E-state index >= 15 is 0 Å². The Morgan fingerprint density at radius 2 is 1.35 bits per heavy atom. The maximum atomic E-state index is 11.4. The molecule has 0 saturated carbocycles. The predicted octanol–water partition coefficient (Wildman–Crippen LogP) is 6.50. The lowest BCUT2D eigenvalue weighted by Crippen LogP contribution is -2.25. The second kappa shape index (κ2) is 11.3. The van der Waals surface area contributed by atoms with Crippen LogP contribution in [-0.2, 0) is 0 Å². The summed E-state index contributed by atoms with van der Waals surface area (Å²) in [6, 6.07) is 35.5. The van der Waals surface area contributed by atoms with Crippen LogP contribution in [0.4, 0.5) is 5.69 Å². The smallest absolute Gasteiger partial charge is 0.269 e. The van der Waals surface area contributed by atoms with Crippen molar-refractivity contribution in [2.24, 2.45) is 0 Å². The predicted molar refractivity (Wildman–Crippen MR) is 135 cm³/mol. The summed E-state index contributed by atoms with van der Waals surface area (Å²) in [5.74, 6) is 1.02. The fourth-order valence-corrected chi connectivity index (χ4v) is 4.31. The lowest BCUT2D eigenvalue weighted by atomic mass is 9.88. The summed E-state index contributed by atoms with van der Waals surface area (Å²) in [7, 11) is 1.64. The molecule has 1 unspecified atom stereocenters. The van der Waals surface area contributed by atoms with E-state index in [4.69, 9.17) is 4.74 Å². The molecular formula is C29H28N2O3. The Labute approximate surface area is 200 Å². The number of hydrogen-bond donors (Lipinski definition) is 1. The number of nitrogens with zero attached hydrogens (tertiary/aromatic N) is 1. The Morgan fingerprint density at radius 3 is 1.91 bits per heavy atom. The molecule has 4 rings (SSSR count). The standard InChI is InChI=1S/C29H28N2O3/c1-34-27-17-15-24(16-18-27)29(25-13-8-14-26(21-25)31(32)33)30-20-19-28(22-9-4-2-5-10-22)23-11-6-3-7-12-23/h2-18,21,28-30H,19-20H2,1H3. The van der Waals surface area contributed by atoms with Gasteiger partial charge in [-0.2, -0.15) is 0 Å². The van der Waals surface area contributed by atoms with Crippen molar-refractivity contribution in [3.63, 3.8) is 0 Å². The maximum absolute atomic E-state index is 11.4. The van der Waals surface area contributed by atoms with Crippen molar-refractivity contribution in [2.75, 3.05) is 13.7 Å². The van der Waals surface area contributed by atoms with Gasteiger partial charge >= 0.3 is 0 Å². The van der Waals surface area contributed by atoms with E-state index in [1.54, 1.807) is 19.2 Å². The van der Waals surface area contributed by atoms with Gasteiger partial charge in [0.2, 0.25) is 0 Å². The molecule has 5 nitrogen and oxygen atoms in total. The summed E-state index contributed by atoms with van der Waals surface area (Å²) in [5, 5.41) is 15.0. The Hall–Kier alpha value is -3.96. The van der Waals surface area contributed by atoms with Crippen LogP contribution >= 0.6 is 0 Å². The molecule has 172 valence electrons. The molecule has 4 aromatic carbocycles. The average Bonchev–Trinajstić information content (AvgIpc) is 2.90. The molecule has 1 N–H and O–H groups in total. The number of methoxy groups -OCH3 is 1. The van der Waals surface area contributed by atoms with Crippen LogP contribution in [-0.4, -0.2) is 18.6 Å². The topological polar surface area (TPSA) is 64.4 Å². The summed E-state index contributed by atoms with van der Waals surface area (Å²) in [6.07, 6.45) is 0.885. The number of nitrogens with one attached hydrogen (secondary N) is 1. The first-order valence-electron chi connectivity index (χ1n) is 11.4. The number of rotatable bonds is 10. The third-order valence-electron chi connectivity index (χ3n) is 6.05. The molecule has 4 aromatic rings. The Bertz CT molecular complexity index is 1160. The van der Waals surface area contributed by atoms with Crippen LogP contribution in [0.1, 0.15) is 40.6 Å². The molecule has 0 amide bonds. The van der Waals surface area contributed by atoms with Crippen LogP contribution in [0.15, 0.2) is 109 Å². The van der Waals surface area contributed by atoms with Gasteiger partial charge in [-0.1, -0.05) is 84.9 Å². The first kappa shape index (κ1) is 23.2. The fraction of sp³-hybridized carbons (Fsp3) is 0.172. The van der Waals surface area contributed by atoms with Crippen LogP contribution < -0.4 is 10.1 Å². The molecule has 0 saturated heterocycles. The zero-order chi connectivity index (χ0) is 23.8. The van der Waals surface area contributed by atoms with Crippen molar-refractivity contribution in [2.45, 2.75) is 18.4 Å². The van der Waals surface area contributed by atoms with Gasteiger partial charge in [-0.05, 0) is 47.4 Å². The minimum Gasteiger partial charge on any atom is -0.497 e. The summed E-state index contributed by atoms with van der Waals surface area (Å²) >= 11 is 0. The molecule has 0 aliphatic heterocycles. The Morgan fingerprint density at radius 1 is 0.765 bits per heavy atom. The van der Waals surface area contributed by atoms with Gasteiger partial charge in [0.15, 0.2) is 0 Å². The van der Waals surface area contributed by atoms with Crippen LogP contribution in [0.2, 0.25) is 0 Å². The number of nitro groups is 1. The lowest BCUT2D eigenvalue weighted by molar-refractivity contribution is -0.384. The van der Waals surface area contributed by atoms with Crippen LogP contribution in [0.3, 0.4) is 0 Å². The average molecular weight is 453 g/mol. The first-order valence-corrected chi connectivity index (χ1v) is 11.4. The summed E-state index contributed by atoms with van der Waals surface area (Å²) in [5.41, 5.74) is 4.51. The quantitative estimate of drug-likeness (QED) is 0.220. The van der Waals surface area contributed by atoms with Gasteiger partial charge in [0.1, 0.15) is 5.75 Å². The van der Waals surface area contributed by atoms with Crippen molar-refractivity contribution >= 4 is 5.69 Å². The van der Waals surface area contributed by atoms with Crippen LogP contribution in [0.5, 0.6) is 5.75 Å². The third kappa shape index (κ3) is 5.69. The Kier molecular flexibility index (Phi) is 7.68. The number of ether oxygens (including phenoxy) is 1. The normalized spacial score (nSPS) is 11.8. The highest BCUT2D eigenvalue weighted by Gasteiger charge is 2.19. The molecule has 0 aliphatic carbocycles. The zero-order valence-corrected chi connectivity index (χ0v) is 19.1. The largest absolute Gasteiger partial charge is 0.497 e. The SMILES string of the molecule is COc1ccc(C(NCCC(c2ccccc2)c2ccccc2)c2cccc([N+](=O)[O-])c2)cc1. The molecule has 0 heterocycles. The van der Waals surface area contributed by atoms with Gasteiger partial charge in [0.25, 0.3) is 5.69 Å². The zero-order valence-electron chi connectivity index (χ0n) is 19.1. The maximum Gasteiger partial charge on any atom is 0.269 e. The highest BCUT2D eigenvalue weighted by Crippen LogP contribution is 2.30. The van der Waals surface area contributed by atoms with Gasteiger partial charge in [-0.25, -0.2) is 0 Å². The molecular weight excluding hydrogens is 424 g/mol. The highest BCUT2D eigenvalue weighted by molar-refractivity contribution is 5.41. The molecule has 34 heavy (non-hydrogen) atoms. The monoisotopic (exact) mass is 452 g/mol. The van der Waals surface area contributed by atoms with E-state index in [9.17, 15) is 10.1 Å². The molecule has 0 fully saturated rings. The van der Waals surface area contributed by atoms with Crippen LogP contribution in [0.25, 0.3) is 0 Å². The number of nitro benzene ring substituents is 1. The second-order valence-electron chi connectivity index (χ2n) is 8.18. The summed E-state index contributed by atoms with van der Waals surface area (Å²) in [4.78, 5) is 11.0. The molecule has 5 heteroatoms. The summed E-state index contributed by atoms with van der Waals surface area (Å²) < 4.78 is 5.31. The van der Waals surface area contributed by atoms with E-state index in [2.05, 4.69) is 53.8 Å². The van der Waals surface area contributed by atoms with E-state index in [0.717, 1.165) is 29.8 Å². The molecule has 0 aromatic heterocycles. The minimum absolute atomic E-state index is 0.0873. The minimum atomic E-state index is -0.352. The van der Waals surface area contributed by atoms with Crippen LogP contribution in [0, 0.1) is 10.1 Å². The third-order valence-corrected chi connectivity index (χ3v) is 6.05. The number of hydrogen-bond acceptors (Lipinski definition) is 4. The number of non-ortho nitro benzene ring substituents is 1. The molecule has 0 aliphatic rings. The van der Waals surface area contributed by atoms with E-state index in [0.29, 0.717) is 0 Å². The van der Waals surface area contributed by atoms with Gasteiger partial charge in [-0.3, -0.25) is 10.1 Å². The molecule has 0 spiro atoms. The first-order chi connectivity index (χ1) is 16.7. The van der Waals surface area contributed by atoms with E-state index in [-0.39, 0.29) is 22.6 Å². The molecule has 0 bridgehead atoms.